The van der Waals surface area contributed by atoms with E-state index in [-0.39, 0.29) is 11.3 Å². The van der Waals surface area contributed by atoms with E-state index in [1.54, 1.807) is 19.0 Å². The SMILES string of the molecule is CC.COC(=O)/C(C(=N)N)=C(\CN(C)C)Nc1ccc([N+](=O)[O-])cc1. The number of hydrogen-bond donors (Lipinski definition) is 3. The largest absolute Gasteiger partial charge is 0.465 e. The summed E-state index contributed by atoms with van der Waals surface area (Å²) in [5, 5.41) is 21.2. The molecule has 0 bridgehead atoms. The Morgan fingerprint density at radius 1 is 1.32 bits per heavy atom. The number of anilines is 1. The highest BCUT2D eigenvalue weighted by Crippen LogP contribution is 2.18. The Kier molecular flexibility index (Phi) is 9.50. The summed E-state index contributed by atoms with van der Waals surface area (Å²) in [6.45, 7) is 4.29. The van der Waals surface area contributed by atoms with E-state index in [0.29, 0.717) is 17.9 Å². The smallest absolute Gasteiger partial charge is 0.343 e. The molecule has 0 fully saturated rings. The third kappa shape index (κ3) is 7.00. The molecule has 0 atom stereocenters. The highest BCUT2D eigenvalue weighted by Gasteiger charge is 2.20. The number of carbonyl (C=O) groups excluding carboxylic acids is 1. The van der Waals surface area contributed by atoms with Crippen LogP contribution in [0.2, 0.25) is 0 Å². The van der Waals surface area contributed by atoms with E-state index < -0.39 is 16.7 Å². The summed E-state index contributed by atoms with van der Waals surface area (Å²) in [6.07, 6.45) is 0. The first-order chi connectivity index (χ1) is 11.8. The van der Waals surface area contributed by atoms with Gasteiger partial charge in [0.25, 0.3) is 5.69 Å². The van der Waals surface area contributed by atoms with Gasteiger partial charge in [0.2, 0.25) is 0 Å². The van der Waals surface area contributed by atoms with Crippen LogP contribution in [0.5, 0.6) is 0 Å². The predicted octanol–water partition coefficient (Wildman–Crippen LogP) is 1.96. The van der Waals surface area contributed by atoms with Crippen molar-refractivity contribution in [3.8, 4) is 0 Å². The zero-order chi connectivity index (χ0) is 19.6. The van der Waals surface area contributed by atoms with Crippen LogP contribution in [0.25, 0.3) is 0 Å². The lowest BCUT2D eigenvalue weighted by molar-refractivity contribution is -0.384. The van der Waals surface area contributed by atoms with Crippen molar-refractivity contribution in [2.45, 2.75) is 13.8 Å². The Labute approximate surface area is 147 Å². The first kappa shape index (κ1) is 22.1. The van der Waals surface area contributed by atoms with Crippen LogP contribution in [0.1, 0.15) is 13.8 Å². The zero-order valence-corrected chi connectivity index (χ0v) is 15.1. The maximum absolute atomic E-state index is 11.9. The van der Waals surface area contributed by atoms with Crippen molar-refractivity contribution >= 4 is 23.2 Å². The molecule has 0 aliphatic carbocycles. The van der Waals surface area contributed by atoms with E-state index >= 15 is 0 Å². The van der Waals surface area contributed by atoms with E-state index in [4.69, 9.17) is 11.1 Å². The lowest BCUT2D eigenvalue weighted by atomic mass is 10.1. The van der Waals surface area contributed by atoms with Gasteiger partial charge < -0.3 is 20.7 Å². The quantitative estimate of drug-likeness (QED) is 0.171. The number of amidine groups is 1. The summed E-state index contributed by atoms with van der Waals surface area (Å²) in [7, 11) is 4.77. The minimum atomic E-state index is -0.733. The number of hydrogen-bond acceptors (Lipinski definition) is 7. The summed E-state index contributed by atoms with van der Waals surface area (Å²) >= 11 is 0. The third-order valence-corrected chi connectivity index (χ3v) is 2.81. The maximum atomic E-state index is 11.9. The highest BCUT2D eigenvalue weighted by atomic mass is 16.6. The number of rotatable bonds is 7. The number of ether oxygens (including phenoxy) is 1. The second kappa shape index (κ2) is 10.8. The van der Waals surface area contributed by atoms with Crippen molar-refractivity contribution in [3.63, 3.8) is 0 Å². The van der Waals surface area contributed by atoms with Crippen molar-refractivity contribution in [1.29, 1.82) is 5.41 Å². The van der Waals surface area contributed by atoms with Crippen LogP contribution in [-0.4, -0.2) is 49.4 Å². The minimum Gasteiger partial charge on any atom is -0.465 e. The van der Waals surface area contributed by atoms with Crippen molar-refractivity contribution in [3.05, 3.63) is 45.6 Å². The molecule has 0 unspecified atom stereocenters. The fourth-order valence-corrected chi connectivity index (χ4v) is 1.84. The van der Waals surface area contributed by atoms with Crippen molar-refractivity contribution in [1.82, 2.24) is 4.90 Å². The van der Waals surface area contributed by atoms with Gasteiger partial charge in [0, 0.05) is 30.1 Å². The average Bonchev–Trinajstić information content (AvgIpc) is 2.56. The summed E-state index contributed by atoms with van der Waals surface area (Å²) < 4.78 is 4.66. The lowest BCUT2D eigenvalue weighted by Crippen LogP contribution is -2.29. The molecule has 9 nitrogen and oxygen atoms in total. The molecule has 9 heteroatoms. The number of nitro benzene ring substituents is 1. The van der Waals surface area contributed by atoms with E-state index in [1.165, 1.54) is 31.4 Å². The van der Waals surface area contributed by atoms with Gasteiger partial charge in [0.05, 0.1) is 12.0 Å². The molecule has 4 N–H and O–H groups in total. The summed E-state index contributed by atoms with van der Waals surface area (Å²) in [4.78, 5) is 23.8. The van der Waals surface area contributed by atoms with Crippen molar-refractivity contribution < 1.29 is 14.5 Å². The van der Waals surface area contributed by atoms with Crippen LogP contribution in [-0.2, 0) is 9.53 Å². The number of esters is 1. The molecule has 1 aromatic rings. The molecule has 0 amide bonds. The van der Waals surface area contributed by atoms with Gasteiger partial charge >= 0.3 is 5.97 Å². The number of benzene rings is 1. The number of nitrogens with one attached hydrogen (secondary N) is 2. The second-order valence-electron chi connectivity index (χ2n) is 4.93. The van der Waals surface area contributed by atoms with Gasteiger partial charge in [-0.05, 0) is 26.2 Å². The number of methoxy groups -OCH3 is 1. The molecular weight excluding hydrogens is 326 g/mol. The van der Waals surface area contributed by atoms with Crippen molar-refractivity contribution in [2.75, 3.05) is 33.1 Å². The number of non-ortho nitro benzene ring substituents is 1. The zero-order valence-electron chi connectivity index (χ0n) is 15.1. The number of nitrogens with zero attached hydrogens (tertiary/aromatic N) is 2. The van der Waals surface area contributed by atoms with Crippen LogP contribution in [0.4, 0.5) is 11.4 Å². The van der Waals surface area contributed by atoms with Gasteiger partial charge in [0.15, 0.2) is 0 Å². The molecule has 25 heavy (non-hydrogen) atoms. The van der Waals surface area contributed by atoms with Crippen LogP contribution < -0.4 is 11.1 Å². The third-order valence-electron chi connectivity index (χ3n) is 2.81. The van der Waals surface area contributed by atoms with Gasteiger partial charge in [-0.3, -0.25) is 15.5 Å². The molecule has 0 aromatic heterocycles. The normalized spacial score (nSPS) is 11.0. The molecular formula is C16H25N5O4. The van der Waals surface area contributed by atoms with E-state index in [1.807, 2.05) is 13.8 Å². The Bertz CT molecular complexity index is 638. The summed E-state index contributed by atoms with van der Waals surface area (Å²) in [5.41, 5.74) is 6.24. The standard InChI is InChI=1S/C14H19N5O4.C2H6/c1-18(2)8-11(12(13(15)16)14(20)23-3)17-9-4-6-10(7-5-9)19(21)22;1-2/h4-7,17H,8H2,1-3H3,(H3,15,16);1-2H3/b12-11+;. The first-order valence-corrected chi connectivity index (χ1v) is 7.58. The van der Waals surface area contributed by atoms with E-state index in [2.05, 4.69) is 10.1 Å². The van der Waals surface area contributed by atoms with Gasteiger partial charge in [-0.15, -0.1) is 0 Å². The van der Waals surface area contributed by atoms with Gasteiger partial charge in [-0.2, -0.15) is 0 Å². The molecule has 0 aliphatic rings. The number of nitrogens with two attached hydrogens (primary N) is 1. The second-order valence-corrected chi connectivity index (χ2v) is 4.93. The molecule has 1 rings (SSSR count). The van der Waals surface area contributed by atoms with Crippen molar-refractivity contribution in [2.24, 2.45) is 5.73 Å². The Balaban J connectivity index is 0.00000277. The number of likely N-dealkylation sites (N-methyl/N-ethyl adjacent to an activating group) is 1. The molecule has 0 aliphatic heterocycles. The fraction of sp³-hybridized carbons (Fsp3) is 0.375. The summed E-state index contributed by atoms with van der Waals surface area (Å²) in [5.74, 6) is -1.16. The maximum Gasteiger partial charge on any atom is 0.343 e. The van der Waals surface area contributed by atoms with Gasteiger partial charge in [0.1, 0.15) is 11.4 Å². The Morgan fingerprint density at radius 3 is 2.20 bits per heavy atom. The minimum absolute atomic E-state index is 0.0477. The molecule has 0 heterocycles. The average molecular weight is 351 g/mol. The van der Waals surface area contributed by atoms with Crippen LogP contribution in [0.15, 0.2) is 35.5 Å². The predicted molar refractivity (Wildman–Crippen MR) is 97.6 cm³/mol. The Morgan fingerprint density at radius 2 is 1.84 bits per heavy atom. The van der Waals surface area contributed by atoms with Crippen LogP contribution in [0.3, 0.4) is 0 Å². The van der Waals surface area contributed by atoms with Crippen LogP contribution in [0, 0.1) is 15.5 Å². The highest BCUT2D eigenvalue weighted by molar-refractivity contribution is 6.17. The molecule has 1 aromatic carbocycles. The lowest BCUT2D eigenvalue weighted by Gasteiger charge is -2.19. The fourth-order valence-electron chi connectivity index (χ4n) is 1.84. The molecule has 0 spiro atoms. The van der Waals surface area contributed by atoms with Gasteiger partial charge in [-0.1, -0.05) is 13.8 Å². The molecule has 0 saturated carbocycles. The topological polar surface area (TPSA) is 135 Å². The molecule has 0 radical (unpaired) electrons. The monoisotopic (exact) mass is 351 g/mol. The molecule has 138 valence electrons. The Hall–Kier alpha value is -2.94. The number of carbonyl (C=O) groups is 1. The molecule has 0 saturated heterocycles. The number of nitro groups is 1. The first-order valence-electron chi connectivity index (χ1n) is 7.58. The van der Waals surface area contributed by atoms with Gasteiger partial charge in [-0.25, -0.2) is 4.79 Å². The van der Waals surface area contributed by atoms with E-state index in [9.17, 15) is 14.9 Å². The van der Waals surface area contributed by atoms with Crippen LogP contribution >= 0.6 is 0 Å². The summed E-state index contributed by atoms with van der Waals surface area (Å²) in [6, 6.07) is 5.67. The van der Waals surface area contributed by atoms with E-state index in [0.717, 1.165) is 0 Å².